The van der Waals surface area contributed by atoms with Gasteiger partial charge in [-0.3, -0.25) is 0 Å². The Morgan fingerprint density at radius 2 is 2.13 bits per heavy atom. The lowest BCUT2D eigenvalue weighted by molar-refractivity contribution is 0.687. The van der Waals surface area contributed by atoms with Gasteiger partial charge in [0.25, 0.3) is 0 Å². The van der Waals surface area contributed by atoms with E-state index in [-0.39, 0.29) is 0 Å². The topological polar surface area (TPSA) is 70.3 Å². The van der Waals surface area contributed by atoms with Crippen LogP contribution in [-0.4, -0.2) is 25.5 Å². The van der Waals surface area contributed by atoms with E-state index in [4.69, 9.17) is 5.26 Å². The van der Waals surface area contributed by atoms with Crippen LogP contribution in [0.1, 0.15) is 24.6 Å². The summed E-state index contributed by atoms with van der Waals surface area (Å²) in [7, 11) is 0. The van der Waals surface area contributed by atoms with Crippen LogP contribution in [0.5, 0.6) is 0 Å². The lowest BCUT2D eigenvalue weighted by Gasteiger charge is -2.07. The molecule has 3 rings (SSSR count). The third-order valence-corrected chi connectivity index (χ3v) is 5.01. The SMILES string of the molecule is CCn1c(SCCC#N)nnc1-c1ccc2[nH]c(C)c(C)c2c1. The number of H-pyrrole nitrogens is 1. The molecule has 23 heavy (non-hydrogen) atoms. The number of aryl methyl sites for hydroxylation is 2. The lowest BCUT2D eigenvalue weighted by Crippen LogP contribution is -2.00. The Morgan fingerprint density at radius 1 is 1.30 bits per heavy atom. The third-order valence-electron chi connectivity index (χ3n) is 4.04. The molecule has 1 N–H and O–H groups in total. The molecule has 0 unspecified atom stereocenters. The quantitative estimate of drug-likeness (QED) is 0.567. The minimum Gasteiger partial charge on any atom is -0.358 e. The molecule has 5 nitrogen and oxygen atoms in total. The number of benzene rings is 1. The molecule has 1 aromatic carbocycles. The van der Waals surface area contributed by atoms with Crippen molar-refractivity contribution in [1.29, 1.82) is 5.26 Å². The number of nitrogens with zero attached hydrogens (tertiary/aromatic N) is 4. The van der Waals surface area contributed by atoms with Gasteiger partial charge in [0, 0.05) is 40.9 Å². The minimum absolute atomic E-state index is 0.518. The highest BCUT2D eigenvalue weighted by Crippen LogP contribution is 2.29. The van der Waals surface area contributed by atoms with Crippen LogP contribution in [0.25, 0.3) is 22.3 Å². The lowest BCUT2D eigenvalue weighted by atomic mass is 10.1. The fourth-order valence-corrected chi connectivity index (χ4v) is 3.53. The number of thioether (sulfide) groups is 1. The Hall–Kier alpha value is -2.26. The summed E-state index contributed by atoms with van der Waals surface area (Å²) in [6.45, 7) is 7.12. The van der Waals surface area contributed by atoms with Crippen LogP contribution < -0.4 is 0 Å². The number of aromatic nitrogens is 4. The summed E-state index contributed by atoms with van der Waals surface area (Å²) in [6, 6.07) is 8.52. The number of nitrogens with one attached hydrogen (secondary N) is 1. The van der Waals surface area contributed by atoms with E-state index in [0.717, 1.165) is 34.4 Å². The Morgan fingerprint density at radius 3 is 2.87 bits per heavy atom. The Bertz CT molecular complexity index is 884. The molecule has 2 aromatic heterocycles. The molecule has 0 fully saturated rings. The number of aromatic amines is 1. The number of rotatable bonds is 5. The smallest absolute Gasteiger partial charge is 0.191 e. The van der Waals surface area contributed by atoms with Crippen molar-refractivity contribution < 1.29 is 0 Å². The van der Waals surface area contributed by atoms with Crippen molar-refractivity contribution in [2.24, 2.45) is 0 Å². The fourth-order valence-electron chi connectivity index (χ4n) is 2.68. The van der Waals surface area contributed by atoms with E-state index in [1.807, 2.05) is 0 Å². The first-order valence-electron chi connectivity index (χ1n) is 7.68. The van der Waals surface area contributed by atoms with Crippen LogP contribution in [0, 0.1) is 25.2 Å². The third kappa shape index (κ3) is 2.84. The largest absolute Gasteiger partial charge is 0.358 e. The van der Waals surface area contributed by atoms with Crippen LogP contribution in [0.2, 0.25) is 0 Å². The fraction of sp³-hybridized carbons (Fsp3) is 0.353. The van der Waals surface area contributed by atoms with Gasteiger partial charge >= 0.3 is 0 Å². The van der Waals surface area contributed by atoms with E-state index in [1.165, 1.54) is 16.6 Å². The van der Waals surface area contributed by atoms with E-state index in [1.54, 1.807) is 11.8 Å². The predicted octanol–water partition coefficient (Wildman–Crippen LogP) is 4.07. The molecule has 3 aromatic rings. The monoisotopic (exact) mass is 325 g/mol. The number of fused-ring (bicyclic) bond motifs is 1. The first-order chi connectivity index (χ1) is 11.2. The second kappa shape index (κ2) is 6.47. The van der Waals surface area contributed by atoms with Gasteiger partial charge in [0.05, 0.1) is 6.07 Å². The summed E-state index contributed by atoms with van der Waals surface area (Å²) < 4.78 is 2.11. The molecule has 0 bridgehead atoms. The molecule has 0 radical (unpaired) electrons. The molecule has 0 atom stereocenters. The second-order valence-corrected chi connectivity index (χ2v) is 6.50. The second-order valence-electron chi connectivity index (χ2n) is 5.44. The average Bonchev–Trinajstić information content (AvgIpc) is 3.09. The van der Waals surface area contributed by atoms with Crippen LogP contribution >= 0.6 is 11.8 Å². The predicted molar refractivity (Wildman–Crippen MR) is 93.4 cm³/mol. The van der Waals surface area contributed by atoms with Gasteiger partial charge < -0.3 is 9.55 Å². The van der Waals surface area contributed by atoms with Gasteiger partial charge in [-0.15, -0.1) is 10.2 Å². The summed E-state index contributed by atoms with van der Waals surface area (Å²) in [5.74, 6) is 1.62. The highest BCUT2D eigenvalue weighted by Gasteiger charge is 2.14. The van der Waals surface area contributed by atoms with Crippen molar-refractivity contribution in [3.8, 4) is 17.5 Å². The van der Waals surface area contributed by atoms with Gasteiger partial charge in [0.2, 0.25) is 0 Å². The van der Waals surface area contributed by atoms with Gasteiger partial charge in [0.1, 0.15) is 0 Å². The molecule has 0 aliphatic rings. The zero-order valence-corrected chi connectivity index (χ0v) is 14.4. The number of nitriles is 1. The molecular weight excluding hydrogens is 306 g/mol. The summed E-state index contributed by atoms with van der Waals surface area (Å²) >= 11 is 1.58. The summed E-state index contributed by atoms with van der Waals surface area (Å²) in [6.07, 6.45) is 0.518. The summed E-state index contributed by atoms with van der Waals surface area (Å²) in [4.78, 5) is 3.40. The van der Waals surface area contributed by atoms with E-state index in [2.05, 4.69) is 64.8 Å². The Labute approximate surface area is 139 Å². The van der Waals surface area contributed by atoms with Crippen LogP contribution in [0.4, 0.5) is 0 Å². The maximum Gasteiger partial charge on any atom is 0.191 e. The van der Waals surface area contributed by atoms with Crippen molar-refractivity contribution in [2.75, 3.05) is 5.75 Å². The maximum atomic E-state index is 8.67. The van der Waals surface area contributed by atoms with Crippen molar-refractivity contribution in [3.05, 3.63) is 29.5 Å². The van der Waals surface area contributed by atoms with Gasteiger partial charge in [-0.1, -0.05) is 11.8 Å². The molecular formula is C17H19N5S. The molecule has 118 valence electrons. The maximum absolute atomic E-state index is 8.67. The van der Waals surface area contributed by atoms with Gasteiger partial charge in [-0.2, -0.15) is 5.26 Å². The Balaban J connectivity index is 2.01. The molecule has 0 saturated heterocycles. The first kappa shape index (κ1) is 15.6. The van der Waals surface area contributed by atoms with Crippen LogP contribution in [0.15, 0.2) is 23.4 Å². The molecule has 0 amide bonds. The van der Waals surface area contributed by atoms with E-state index in [0.29, 0.717) is 6.42 Å². The zero-order chi connectivity index (χ0) is 16.4. The number of hydrogen-bond acceptors (Lipinski definition) is 4. The van der Waals surface area contributed by atoms with Gasteiger partial charge in [-0.25, -0.2) is 0 Å². The summed E-state index contributed by atoms with van der Waals surface area (Å²) in [5.41, 5.74) is 4.69. The van der Waals surface area contributed by atoms with E-state index < -0.39 is 0 Å². The van der Waals surface area contributed by atoms with Crippen molar-refractivity contribution in [2.45, 2.75) is 38.9 Å². The number of hydrogen-bond donors (Lipinski definition) is 1. The molecule has 6 heteroatoms. The molecule has 2 heterocycles. The Kier molecular flexibility index (Phi) is 4.39. The highest BCUT2D eigenvalue weighted by molar-refractivity contribution is 7.99. The molecule has 0 saturated carbocycles. The zero-order valence-electron chi connectivity index (χ0n) is 13.6. The average molecular weight is 325 g/mol. The summed E-state index contributed by atoms with van der Waals surface area (Å²) in [5, 5.41) is 19.5. The van der Waals surface area contributed by atoms with Gasteiger partial charge in [-0.05, 0) is 44.5 Å². The van der Waals surface area contributed by atoms with Crippen LogP contribution in [0.3, 0.4) is 0 Å². The van der Waals surface area contributed by atoms with E-state index in [9.17, 15) is 0 Å². The molecule has 0 spiro atoms. The molecule has 0 aliphatic heterocycles. The van der Waals surface area contributed by atoms with Crippen molar-refractivity contribution in [3.63, 3.8) is 0 Å². The van der Waals surface area contributed by atoms with Crippen LogP contribution in [-0.2, 0) is 6.54 Å². The van der Waals surface area contributed by atoms with Crippen molar-refractivity contribution in [1.82, 2.24) is 19.7 Å². The first-order valence-corrected chi connectivity index (χ1v) is 8.66. The van der Waals surface area contributed by atoms with Gasteiger partial charge in [0.15, 0.2) is 11.0 Å². The standard InChI is InChI=1S/C17H19N5S/c1-4-22-16(20-21-17(22)23-9-5-8-18)13-6-7-15-14(10-13)11(2)12(3)19-15/h6-7,10,19H,4-5,9H2,1-3H3. The van der Waals surface area contributed by atoms with E-state index >= 15 is 0 Å². The minimum atomic E-state index is 0.518. The normalized spacial score (nSPS) is 11.0. The highest BCUT2D eigenvalue weighted by atomic mass is 32.2. The van der Waals surface area contributed by atoms with Crippen molar-refractivity contribution >= 4 is 22.7 Å². The molecule has 0 aliphatic carbocycles.